The number of halogens is 1. The van der Waals surface area contributed by atoms with Crippen LogP contribution in [0.25, 0.3) is 0 Å². The fourth-order valence-electron chi connectivity index (χ4n) is 2.29. The molecule has 1 aliphatic rings. The first kappa shape index (κ1) is 15.1. The Bertz CT molecular complexity index is 583. The van der Waals surface area contributed by atoms with Crippen LogP contribution < -0.4 is 5.32 Å². The lowest BCUT2D eigenvalue weighted by Gasteiger charge is -2.19. The van der Waals surface area contributed by atoms with Crippen LogP contribution >= 0.6 is 0 Å². The third-order valence-electron chi connectivity index (χ3n) is 3.43. The van der Waals surface area contributed by atoms with E-state index in [0.717, 1.165) is 5.56 Å². The Morgan fingerprint density at radius 1 is 1.57 bits per heavy atom. The van der Waals surface area contributed by atoms with Crippen LogP contribution in [0.2, 0.25) is 0 Å². The molecule has 1 aliphatic heterocycles. The minimum Gasteiger partial charge on any atom is -0.448 e. The molecule has 1 heterocycles. The quantitative estimate of drug-likeness (QED) is 0.905. The molecular formula is C15H18FN3O2. The Labute approximate surface area is 123 Å². The molecule has 6 heteroatoms. The monoisotopic (exact) mass is 291 g/mol. The molecule has 1 saturated heterocycles. The molecular weight excluding hydrogens is 273 g/mol. The van der Waals surface area contributed by atoms with Crippen molar-refractivity contribution in [3.05, 3.63) is 29.1 Å². The molecule has 1 N–H and O–H groups in total. The van der Waals surface area contributed by atoms with Gasteiger partial charge in [-0.15, -0.1) is 0 Å². The number of aryl methyl sites for hydroxylation is 1. The van der Waals surface area contributed by atoms with Crippen molar-refractivity contribution in [1.82, 2.24) is 4.90 Å². The van der Waals surface area contributed by atoms with Gasteiger partial charge in [-0.2, -0.15) is 5.26 Å². The number of nitrogens with zero attached hydrogens (tertiary/aromatic N) is 2. The van der Waals surface area contributed by atoms with E-state index in [1.165, 1.54) is 6.07 Å². The van der Waals surface area contributed by atoms with E-state index in [4.69, 9.17) is 10.00 Å². The van der Waals surface area contributed by atoms with Gasteiger partial charge in [0.1, 0.15) is 24.1 Å². The fourth-order valence-corrected chi connectivity index (χ4v) is 2.29. The number of carbonyl (C=O) groups is 1. The van der Waals surface area contributed by atoms with Crippen molar-refractivity contribution in [3.63, 3.8) is 0 Å². The molecule has 1 amide bonds. The molecule has 0 radical (unpaired) electrons. The molecule has 2 rings (SSSR count). The second-order valence-corrected chi connectivity index (χ2v) is 5.22. The highest BCUT2D eigenvalue weighted by atomic mass is 19.1. The minimum absolute atomic E-state index is 0.00620. The lowest BCUT2D eigenvalue weighted by molar-refractivity contribution is 0.158. The Morgan fingerprint density at radius 2 is 2.33 bits per heavy atom. The number of hydrogen-bond donors (Lipinski definition) is 1. The predicted octanol–water partition coefficient (Wildman–Crippen LogP) is 2.65. The summed E-state index contributed by atoms with van der Waals surface area (Å²) in [5.41, 5.74) is 1.27. The number of nitriles is 1. The van der Waals surface area contributed by atoms with Gasteiger partial charge in [-0.25, -0.2) is 9.18 Å². The van der Waals surface area contributed by atoms with Gasteiger partial charge in [0.2, 0.25) is 0 Å². The Balaban J connectivity index is 1.98. The van der Waals surface area contributed by atoms with E-state index >= 15 is 0 Å². The summed E-state index contributed by atoms with van der Waals surface area (Å²) in [6.07, 6.45) is 0.400. The second kappa shape index (κ2) is 6.44. The second-order valence-electron chi connectivity index (χ2n) is 5.22. The van der Waals surface area contributed by atoms with Crippen molar-refractivity contribution < 1.29 is 13.9 Å². The summed E-state index contributed by atoms with van der Waals surface area (Å²) in [4.78, 5) is 13.0. The standard InChI is InChI=1S/C15H18FN3O2/c1-10-7-13(16)12(9-17)14(8-10)18-11(2)3-4-19-5-6-21-15(19)20/h7-8,11,18H,3-6H2,1-2H3. The van der Waals surface area contributed by atoms with Crippen molar-refractivity contribution in [2.24, 2.45) is 0 Å². The number of hydrogen-bond acceptors (Lipinski definition) is 4. The first-order valence-corrected chi connectivity index (χ1v) is 6.89. The summed E-state index contributed by atoms with van der Waals surface area (Å²) in [5, 5.41) is 12.2. The molecule has 0 aromatic heterocycles. The number of cyclic esters (lactones) is 1. The largest absolute Gasteiger partial charge is 0.448 e. The Morgan fingerprint density at radius 3 is 2.95 bits per heavy atom. The highest BCUT2D eigenvalue weighted by Gasteiger charge is 2.22. The number of ether oxygens (including phenoxy) is 1. The third-order valence-corrected chi connectivity index (χ3v) is 3.43. The number of amides is 1. The lowest BCUT2D eigenvalue weighted by atomic mass is 10.1. The topological polar surface area (TPSA) is 65.4 Å². The van der Waals surface area contributed by atoms with Crippen LogP contribution in [0.1, 0.15) is 24.5 Å². The van der Waals surface area contributed by atoms with Crippen molar-refractivity contribution in [2.75, 3.05) is 25.0 Å². The molecule has 21 heavy (non-hydrogen) atoms. The molecule has 5 nitrogen and oxygen atoms in total. The van der Waals surface area contributed by atoms with Crippen molar-refractivity contribution >= 4 is 11.8 Å². The van der Waals surface area contributed by atoms with Crippen molar-refractivity contribution in [1.29, 1.82) is 5.26 Å². The first-order chi connectivity index (χ1) is 10.0. The molecule has 0 spiro atoms. The fraction of sp³-hybridized carbons (Fsp3) is 0.467. The summed E-state index contributed by atoms with van der Waals surface area (Å²) in [6.45, 7) is 5.32. The van der Waals surface area contributed by atoms with Gasteiger partial charge in [-0.3, -0.25) is 0 Å². The van der Waals surface area contributed by atoms with Gasteiger partial charge in [-0.1, -0.05) is 0 Å². The molecule has 1 unspecified atom stereocenters. The average Bonchev–Trinajstić information content (AvgIpc) is 2.81. The van der Waals surface area contributed by atoms with E-state index < -0.39 is 5.82 Å². The predicted molar refractivity (Wildman–Crippen MR) is 76.5 cm³/mol. The van der Waals surface area contributed by atoms with Gasteiger partial charge in [0, 0.05) is 12.6 Å². The maximum atomic E-state index is 13.7. The maximum absolute atomic E-state index is 13.7. The van der Waals surface area contributed by atoms with E-state index in [0.29, 0.717) is 31.8 Å². The number of carbonyl (C=O) groups excluding carboxylic acids is 1. The van der Waals surface area contributed by atoms with E-state index in [9.17, 15) is 9.18 Å². The highest BCUT2D eigenvalue weighted by molar-refractivity contribution is 5.69. The lowest BCUT2D eigenvalue weighted by Crippen LogP contribution is -2.29. The van der Waals surface area contributed by atoms with Gasteiger partial charge >= 0.3 is 6.09 Å². The van der Waals surface area contributed by atoms with Crippen LogP contribution in [0, 0.1) is 24.1 Å². The van der Waals surface area contributed by atoms with Gasteiger partial charge in [-0.05, 0) is 38.0 Å². The number of nitrogens with one attached hydrogen (secondary N) is 1. The summed E-state index contributed by atoms with van der Waals surface area (Å²) in [7, 11) is 0. The zero-order chi connectivity index (χ0) is 15.4. The Kier molecular flexibility index (Phi) is 4.63. The van der Waals surface area contributed by atoms with E-state index in [2.05, 4.69) is 5.32 Å². The molecule has 112 valence electrons. The van der Waals surface area contributed by atoms with Crippen LogP contribution in [0.5, 0.6) is 0 Å². The van der Waals surface area contributed by atoms with Gasteiger partial charge in [0.15, 0.2) is 0 Å². The molecule has 1 aromatic rings. The summed E-state index contributed by atoms with van der Waals surface area (Å²) in [5.74, 6) is -0.518. The molecule has 0 aliphatic carbocycles. The van der Waals surface area contributed by atoms with E-state index in [1.807, 2.05) is 13.0 Å². The van der Waals surface area contributed by atoms with Crippen LogP contribution in [0.4, 0.5) is 14.9 Å². The molecule has 1 atom stereocenters. The number of rotatable bonds is 5. The summed E-state index contributed by atoms with van der Waals surface area (Å²) < 4.78 is 18.6. The van der Waals surface area contributed by atoms with Crippen molar-refractivity contribution in [3.8, 4) is 6.07 Å². The van der Waals surface area contributed by atoms with Crippen molar-refractivity contribution in [2.45, 2.75) is 26.3 Å². The van der Waals surface area contributed by atoms with Crippen LogP contribution in [0.3, 0.4) is 0 Å². The minimum atomic E-state index is -0.518. The Hall–Kier alpha value is -2.29. The van der Waals surface area contributed by atoms with Crippen LogP contribution in [-0.2, 0) is 4.74 Å². The smallest absolute Gasteiger partial charge is 0.409 e. The normalized spacial score (nSPS) is 15.5. The molecule has 0 bridgehead atoms. The number of benzene rings is 1. The van der Waals surface area contributed by atoms with Gasteiger partial charge in [0.25, 0.3) is 0 Å². The van der Waals surface area contributed by atoms with E-state index in [1.54, 1.807) is 17.9 Å². The van der Waals surface area contributed by atoms with Gasteiger partial charge < -0.3 is 15.0 Å². The summed E-state index contributed by atoms with van der Waals surface area (Å²) in [6, 6.07) is 4.98. The molecule has 0 saturated carbocycles. The highest BCUT2D eigenvalue weighted by Crippen LogP contribution is 2.22. The maximum Gasteiger partial charge on any atom is 0.409 e. The summed E-state index contributed by atoms with van der Waals surface area (Å²) >= 11 is 0. The molecule has 1 aromatic carbocycles. The third kappa shape index (κ3) is 3.63. The zero-order valence-electron chi connectivity index (χ0n) is 12.1. The van der Waals surface area contributed by atoms with Gasteiger partial charge in [0.05, 0.1) is 12.2 Å². The average molecular weight is 291 g/mol. The van der Waals surface area contributed by atoms with Crippen LogP contribution in [0.15, 0.2) is 12.1 Å². The van der Waals surface area contributed by atoms with E-state index in [-0.39, 0.29) is 17.7 Å². The SMILES string of the molecule is Cc1cc(F)c(C#N)c(NC(C)CCN2CCOC2=O)c1. The zero-order valence-corrected chi connectivity index (χ0v) is 12.1. The van der Waals surface area contributed by atoms with Crippen LogP contribution in [-0.4, -0.2) is 36.7 Å². The molecule has 1 fully saturated rings. The first-order valence-electron chi connectivity index (χ1n) is 6.89. The number of anilines is 1.